The minimum atomic E-state index is -0.414. The molecule has 0 bridgehead atoms. The van der Waals surface area contributed by atoms with Crippen molar-refractivity contribution in [2.45, 2.75) is 58.2 Å². The van der Waals surface area contributed by atoms with Crippen LogP contribution >= 0.6 is 12.4 Å². The zero-order chi connectivity index (χ0) is 11.5. The van der Waals surface area contributed by atoms with E-state index in [1.54, 1.807) is 0 Å². The first-order valence-corrected chi connectivity index (χ1v) is 5.60. The molecule has 2 N–H and O–H groups in total. The van der Waals surface area contributed by atoms with Crippen LogP contribution in [0, 0.1) is 0 Å². The molecule has 0 saturated carbocycles. The third-order valence-electron chi connectivity index (χ3n) is 2.34. The van der Waals surface area contributed by atoms with Crippen molar-refractivity contribution in [3.8, 4) is 0 Å². The molecule has 1 amide bonds. The first-order chi connectivity index (χ1) is 6.87. The molecule has 1 aliphatic rings. The number of amides is 1. The van der Waals surface area contributed by atoms with Crippen molar-refractivity contribution in [3.63, 3.8) is 0 Å². The predicted molar refractivity (Wildman–Crippen MR) is 67.1 cm³/mol. The lowest BCUT2D eigenvalue weighted by molar-refractivity contribution is 0.0491. The molecule has 1 rings (SSSR count). The molecule has 0 spiro atoms. The van der Waals surface area contributed by atoms with Crippen LogP contribution in [0.4, 0.5) is 4.79 Å². The van der Waals surface area contributed by atoms with Gasteiger partial charge in [0.15, 0.2) is 0 Å². The highest BCUT2D eigenvalue weighted by atomic mass is 35.5. The Morgan fingerprint density at radius 1 is 1.44 bits per heavy atom. The summed E-state index contributed by atoms with van der Waals surface area (Å²) in [4.78, 5) is 11.5. The van der Waals surface area contributed by atoms with Gasteiger partial charge in [0.1, 0.15) is 5.60 Å². The molecule has 0 aliphatic carbocycles. The molecule has 0 radical (unpaired) electrons. The number of hydrogen-bond donors (Lipinski definition) is 2. The van der Waals surface area contributed by atoms with Gasteiger partial charge >= 0.3 is 6.09 Å². The molecule has 96 valence electrons. The van der Waals surface area contributed by atoms with Gasteiger partial charge in [0, 0.05) is 12.1 Å². The van der Waals surface area contributed by atoms with Crippen LogP contribution < -0.4 is 10.6 Å². The minimum absolute atomic E-state index is 0. The summed E-state index contributed by atoms with van der Waals surface area (Å²) in [5.41, 5.74) is -0.414. The van der Waals surface area contributed by atoms with Crippen LogP contribution in [0.5, 0.6) is 0 Å². The maximum Gasteiger partial charge on any atom is 0.407 e. The van der Waals surface area contributed by atoms with Gasteiger partial charge in [-0.25, -0.2) is 4.79 Å². The van der Waals surface area contributed by atoms with Crippen LogP contribution in [0.2, 0.25) is 0 Å². The second kappa shape index (κ2) is 6.30. The van der Waals surface area contributed by atoms with Crippen molar-refractivity contribution >= 4 is 18.5 Å². The number of hydrogen-bond acceptors (Lipinski definition) is 3. The van der Waals surface area contributed by atoms with E-state index in [0.717, 1.165) is 19.4 Å². The summed E-state index contributed by atoms with van der Waals surface area (Å²) in [5.74, 6) is 0. The van der Waals surface area contributed by atoms with Crippen LogP contribution in [-0.2, 0) is 4.74 Å². The molecule has 1 fully saturated rings. The van der Waals surface area contributed by atoms with E-state index in [4.69, 9.17) is 4.74 Å². The number of nitrogens with one attached hydrogen (secondary N) is 2. The lowest BCUT2D eigenvalue weighted by atomic mass is 10.0. The SMILES string of the molecule is C[C@H]1C[C@H](NC(=O)OC(C)(C)C)CCN1.Cl. The monoisotopic (exact) mass is 250 g/mol. The molecule has 4 nitrogen and oxygen atoms in total. The molecule has 5 heteroatoms. The molecular weight excluding hydrogens is 228 g/mol. The summed E-state index contributed by atoms with van der Waals surface area (Å²) in [6, 6.07) is 0.717. The van der Waals surface area contributed by atoms with E-state index in [9.17, 15) is 4.79 Å². The molecular formula is C11H23ClN2O2. The minimum Gasteiger partial charge on any atom is -0.444 e. The normalized spacial score (nSPS) is 25.5. The number of halogens is 1. The van der Waals surface area contributed by atoms with E-state index < -0.39 is 5.60 Å². The molecule has 1 heterocycles. The first kappa shape index (κ1) is 15.5. The van der Waals surface area contributed by atoms with Crippen molar-refractivity contribution in [1.82, 2.24) is 10.6 Å². The third kappa shape index (κ3) is 6.18. The standard InChI is InChI=1S/C11H22N2O2.ClH/c1-8-7-9(5-6-12-8)13-10(14)15-11(2,3)4;/h8-9,12H,5-7H2,1-4H3,(H,13,14);1H/t8-,9+;/m0./s1. The van der Waals surface area contributed by atoms with E-state index in [1.165, 1.54) is 0 Å². The summed E-state index contributed by atoms with van der Waals surface area (Å²) >= 11 is 0. The Morgan fingerprint density at radius 3 is 2.56 bits per heavy atom. The van der Waals surface area contributed by atoms with Crippen molar-refractivity contribution in [1.29, 1.82) is 0 Å². The molecule has 1 aliphatic heterocycles. The number of alkyl carbamates (subject to hydrolysis) is 1. The van der Waals surface area contributed by atoms with Crippen LogP contribution in [0.3, 0.4) is 0 Å². The van der Waals surface area contributed by atoms with Gasteiger partial charge in [0.25, 0.3) is 0 Å². The van der Waals surface area contributed by atoms with Crippen LogP contribution in [0.15, 0.2) is 0 Å². The van der Waals surface area contributed by atoms with Crippen LogP contribution in [0.1, 0.15) is 40.5 Å². The lowest BCUT2D eigenvalue weighted by Crippen LogP contribution is -2.47. The number of ether oxygens (including phenoxy) is 1. The molecule has 2 atom stereocenters. The van der Waals surface area contributed by atoms with Gasteiger partial charge in [-0.15, -0.1) is 12.4 Å². The zero-order valence-corrected chi connectivity index (χ0v) is 11.3. The summed E-state index contributed by atoms with van der Waals surface area (Å²) < 4.78 is 5.21. The topological polar surface area (TPSA) is 50.4 Å². The van der Waals surface area contributed by atoms with Gasteiger partial charge in [-0.1, -0.05) is 0 Å². The average molecular weight is 251 g/mol. The molecule has 0 aromatic heterocycles. The third-order valence-corrected chi connectivity index (χ3v) is 2.34. The van der Waals surface area contributed by atoms with Gasteiger partial charge in [0.2, 0.25) is 0 Å². The van der Waals surface area contributed by atoms with Gasteiger partial charge in [0.05, 0.1) is 0 Å². The Morgan fingerprint density at radius 2 is 2.06 bits per heavy atom. The molecule has 1 saturated heterocycles. The largest absolute Gasteiger partial charge is 0.444 e. The average Bonchev–Trinajstić information content (AvgIpc) is 1.99. The maximum absolute atomic E-state index is 11.5. The van der Waals surface area contributed by atoms with Crippen molar-refractivity contribution in [2.24, 2.45) is 0 Å². The van der Waals surface area contributed by atoms with Gasteiger partial charge < -0.3 is 15.4 Å². The van der Waals surface area contributed by atoms with E-state index >= 15 is 0 Å². The zero-order valence-electron chi connectivity index (χ0n) is 10.5. The Labute approximate surface area is 104 Å². The number of rotatable bonds is 1. The second-order valence-electron chi connectivity index (χ2n) is 5.22. The second-order valence-corrected chi connectivity index (χ2v) is 5.22. The summed E-state index contributed by atoms with van der Waals surface area (Å²) in [6.07, 6.45) is 1.64. The summed E-state index contributed by atoms with van der Waals surface area (Å²) in [7, 11) is 0. The fraction of sp³-hybridized carbons (Fsp3) is 0.909. The quantitative estimate of drug-likeness (QED) is 0.749. The van der Waals surface area contributed by atoms with E-state index in [0.29, 0.717) is 6.04 Å². The summed E-state index contributed by atoms with van der Waals surface area (Å²) in [5, 5.41) is 6.25. The van der Waals surface area contributed by atoms with E-state index in [-0.39, 0.29) is 24.5 Å². The van der Waals surface area contributed by atoms with Crippen molar-refractivity contribution in [2.75, 3.05) is 6.54 Å². The van der Waals surface area contributed by atoms with Gasteiger partial charge in [-0.05, 0) is 47.1 Å². The fourth-order valence-corrected chi connectivity index (χ4v) is 1.74. The Balaban J connectivity index is 0.00000225. The predicted octanol–water partition coefficient (Wildman–Crippen LogP) is 2.07. The van der Waals surface area contributed by atoms with Gasteiger partial charge in [-0.2, -0.15) is 0 Å². The molecule has 0 unspecified atom stereocenters. The molecule has 0 aromatic rings. The number of carbonyl (C=O) groups is 1. The lowest BCUT2D eigenvalue weighted by Gasteiger charge is -2.29. The molecule has 0 aromatic carbocycles. The van der Waals surface area contributed by atoms with Crippen molar-refractivity contribution < 1.29 is 9.53 Å². The van der Waals surface area contributed by atoms with Crippen LogP contribution in [0.25, 0.3) is 0 Å². The van der Waals surface area contributed by atoms with E-state index in [1.807, 2.05) is 20.8 Å². The highest BCUT2D eigenvalue weighted by molar-refractivity contribution is 5.85. The Kier molecular flexibility index (Phi) is 6.11. The fourth-order valence-electron chi connectivity index (χ4n) is 1.74. The highest BCUT2D eigenvalue weighted by Crippen LogP contribution is 2.11. The molecule has 16 heavy (non-hydrogen) atoms. The van der Waals surface area contributed by atoms with Gasteiger partial charge in [-0.3, -0.25) is 0 Å². The Bertz CT molecular complexity index is 229. The smallest absolute Gasteiger partial charge is 0.407 e. The number of piperidine rings is 1. The Hall–Kier alpha value is -0.480. The van der Waals surface area contributed by atoms with Crippen LogP contribution in [-0.4, -0.2) is 30.3 Å². The summed E-state index contributed by atoms with van der Waals surface area (Å²) in [6.45, 7) is 8.71. The van der Waals surface area contributed by atoms with E-state index in [2.05, 4.69) is 17.6 Å². The first-order valence-electron chi connectivity index (χ1n) is 5.60. The highest BCUT2D eigenvalue weighted by Gasteiger charge is 2.22. The number of carbonyl (C=O) groups excluding carboxylic acids is 1. The van der Waals surface area contributed by atoms with Crippen molar-refractivity contribution in [3.05, 3.63) is 0 Å². The maximum atomic E-state index is 11.5.